The van der Waals surface area contributed by atoms with Gasteiger partial charge in [-0.1, -0.05) is 12.1 Å². The molecule has 2 saturated heterocycles. The fraction of sp³-hybridized carbons (Fsp3) is 0.696. The molecule has 176 valence electrons. The standard InChI is InChI=1S/C23H38N4O3.HI/c1-3-24-23(27-11-9-22(10-12-27)30-16-4-15-28-2)25-19-20-5-7-21(8-6-20)26-13-17-29-18-14-26;/h5-8,22H,3-4,9-19H2,1-2H3,(H,24,25);1H. The zero-order chi connectivity index (χ0) is 21.0. The van der Waals surface area contributed by atoms with Gasteiger partial charge >= 0.3 is 0 Å². The van der Waals surface area contributed by atoms with Crippen LogP contribution in [-0.4, -0.2) is 83.2 Å². The maximum Gasteiger partial charge on any atom is 0.194 e. The molecule has 0 bridgehead atoms. The minimum absolute atomic E-state index is 0. The van der Waals surface area contributed by atoms with E-state index in [2.05, 4.69) is 46.3 Å². The Bertz CT molecular complexity index is 630. The zero-order valence-electron chi connectivity index (χ0n) is 19.1. The Morgan fingerprint density at radius 2 is 1.81 bits per heavy atom. The molecule has 31 heavy (non-hydrogen) atoms. The summed E-state index contributed by atoms with van der Waals surface area (Å²) in [6.45, 7) is 10.8. The molecule has 7 nitrogen and oxygen atoms in total. The molecule has 0 aromatic heterocycles. The lowest BCUT2D eigenvalue weighted by molar-refractivity contribution is 0.00990. The number of nitrogens with one attached hydrogen (secondary N) is 1. The minimum Gasteiger partial charge on any atom is -0.385 e. The van der Waals surface area contributed by atoms with Gasteiger partial charge in [-0.15, -0.1) is 24.0 Å². The van der Waals surface area contributed by atoms with Gasteiger partial charge in [-0.25, -0.2) is 4.99 Å². The summed E-state index contributed by atoms with van der Waals surface area (Å²) >= 11 is 0. The summed E-state index contributed by atoms with van der Waals surface area (Å²) in [6.07, 6.45) is 3.41. The number of morpholine rings is 1. The number of ether oxygens (including phenoxy) is 3. The van der Waals surface area contributed by atoms with Crippen molar-refractivity contribution in [1.29, 1.82) is 0 Å². The number of piperidine rings is 1. The van der Waals surface area contributed by atoms with Crippen LogP contribution in [0.3, 0.4) is 0 Å². The average molecular weight is 546 g/mol. The van der Waals surface area contributed by atoms with Crippen molar-refractivity contribution in [1.82, 2.24) is 10.2 Å². The third-order valence-electron chi connectivity index (χ3n) is 5.65. The third kappa shape index (κ3) is 8.75. The van der Waals surface area contributed by atoms with Crippen LogP contribution < -0.4 is 10.2 Å². The van der Waals surface area contributed by atoms with E-state index in [4.69, 9.17) is 19.2 Å². The van der Waals surface area contributed by atoms with Gasteiger partial charge in [0, 0.05) is 58.7 Å². The van der Waals surface area contributed by atoms with E-state index >= 15 is 0 Å². The normalized spacial score (nSPS) is 18.1. The summed E-state index contributed by atoms with van der Waals surface area (Å²) < 4.78 is 16.5. The van der Waals surface area contributed by atoms with Crippen molar-refractivity contribution in [3.63, 3.8) is 0 Å². The van der Waals surface area contributed by atoms with Crippen molar-refractivity contribution in [3.05, 3.63) is 29.8 Å². The summed E-state index contributed by atoms with van der Waals surface area (Å²) in [5.41, 5.74) is 2.50. The van der Waals surface area contributed by atoms with Crippen LogP contribution in [0.25, 0.3) is 0 Å². The number of rotatable bonds is 9. The number of hydrogen-bond donors (Lipinski definition) is 1. The molecular weight excluding hydrogens is 507 g/mol. The molecule has 0 saturated carbocycles. The summed E-state index contributed by atoms with van der Waals surface area (Å²) in [7, 11) is 1.73. The Hall–Kier alpha value is -1.10. The number of aliphatic imine (C=N–C) groups is 1. The number of guanidine groups is 1. The lowest BCUT2D eigenvalue weighted by Gasteiger charge is -2.34. The van der Waals surface area contributed by atoms with Crippen LogP contribution in [0.5, 0.6) is 0 Å². The predicted octanol–water partition coefficient (Wildman–Crippen LogP) is 3.12. The summed E-state index contributed by atoms with van der Waals surface area (Å²) in [5.74, 6) is 1.01. The van der Waals surface area contributed by atoms with Crippen LogP contribution in [0, 0.1) is 0 Å². The third-order valence-corrected chi connectivity index (χ3v) is 5.65. The number of anilines is 1. The fourth-order valence-corrected chi connectivity index (χ4v) is 3.91. The van der Waals surface area contributed by atoms with Gasteiger partial charge in [0.25, 0.3) is 0 Å². The molecule has 2 aliphatic heterocycles. The molecule has 1 aromatic rings. The SMILES string of the molecule is CCNC(=NCc1ccc(N2CCOCC2)cc1)N1CCC(OCCCOC)CC1.I. The monoisotopic (exact) mass is 546 g/mol. The maximum absolute atomic E-state index is 5.98. The Balaban J connectivity index is 0.00000341. The number of benzene rings is 1. The molecule has 1 aromatic carbocycles. The second kappa shape index (κ2) is 14.9. The van der Waals surface area contributed by atoms with Crippen molar-refractivity contribution >= 4 is 35.6 Å². The summed E-state index contributed by atoms with van der Waals surface area (Å²) in [6, 6.07) is 8.79. The van der Waals surface area contributed by atoms with E-state index in [1.165, 1.54) is 11.3 Å². The van der Waals surface area contributed by atoms with Crippen LogP contribution in [-0.2, 0) is 20.8 Å². The highest BCUT2D eigenvalue weighted by Crippen LogP contribution is 2.18. The van der Waals surface area contributed by atoms with Crippen molar-refractivity contribution < 1.29 is 14.2 Å². The average Bonchev–Trinajstić information content (AvgIpc) is 2.81. The molecule has 1 N–H and O–H groups in total. The molecule has 0 amide bonds. The summed E-state index contributed by atoms with van der Waals surface area (Å²) in [4.78, 5) is 9.64. The first kappa shape index (κ1) is 26.2. The molecule has 2 fully saturated rings. The van der Waals surface area contributed by atoms with Gasteiger partial charge in [-0.3, -0.25) is 0 Å². The first-order valence-electron chi connectivity index (χ1n) is 11.4. The van der Waals surface area contributed by atoms with E-state index in [1.54, 1.807) is 7.11 Å². The van der Waals surface area contributed by atoms with E-state index in [0.717, 1.165) is 84.4 Å². The largest absolute Gasteiger partial charge is 0.385 e. The van der Waals surface area contributed by atoms with E-state index < -0.39 is 0 Å². The first-order chi connectivity index (χ1) is 14.8. The van der Waals surface area contributed by atoms with Crippen LogP contribution >= 0.6 is 24.0 Å². The van der Waals surface area contributed by atoms with E-state index in [-0.39, 0.29) is 24.0 Å². The number of likely N-dealkylation sites (tertiary alicyclic amines) is 1. The van der Waals surface area contributed by atoms with Crippen molar-refractivity contribution in [2.45, 2.75) is 38.8 Å². The molecule has 3 rings (SSSR count). The molecule has 8 heteroatoms. The molecule has 2 aliphatic rings. The quantitative estimate of drug-likeness (QED) is 0.223. The maximum atomic E-state index is 5.98. The van der Waals surface area contributed by atoms with Gasteiger partial charge in [0.05, 0.1) is 25.9 Å². The van der Waals surface area contributed by atoms with Gasteiger partial charge in [0.1, 0.15) is 0 Å². The Morgan fingerprint density at radius 3 is 2.45 bits per heavy atom. The van der Waals surface area contributed by atoms with Crippen LogP contribution in [0.15, 0.2) is 29.3 Å². The predicted molar refractivity (Wildman–Crippen MR) is 137 cm³/mol. The van der Waals surface area contributed by atoms with E-state index in [9.17, 15) is 0 Å². The molecule has 2 heterocycles. The lowest BCUT2D eigenvalue weighted by Crippen LogP contribution is -2.47. The van der Waals surface area contributed by atoms with Gasteiger partial charge in [0.2, 0.25) is 0 Å². The smallest absolute Gasteiger partial charge is 0.194 e. The van der Waals surface area contributed by atoms with Gasteiger partial charge in [-0.05, 0) is 43.9 Å². The number of hydrogen-bond acceptors (Lipinski definition) is 5. The Kier molecular flexibility index (Phi) is 12.5. The molecule has 0 spiro atoms. The van der Waals surface area contributed by atoms with Crippen molar-refractivity contribution in [2.24, 2.45) is 4.99 Å². The molecule has 0 unspecified atom stereocenters. The zero-order valence-corrected chi connectivity index (χ0v) is 21.4. The van der Waals surface area contributed by atoms with Gasteiger partial charge in [0.15, 0.2) is 5.96 Å². The van der Waals surface area contributed by atoms with Crippen LogP contribution in [0.4, 0.5) is 5.69 Å². The van der Waals surface area contributed by atoms with Crippen LogP contribution in [0.2, 0.25) is 0 Å². The molecule has 0 aliphatic carbocycles. The lowest BCUT2D eigenvalue weighted by atomic mass is 10.1. The first-order valence-corrected chi connectivity index (χ1v) is 11.4. The highest BCUT2D eigenvalue weighted by atomic mass is 127. The Labute approximate surface area is 204 Å². The van der Waals surface area contributed by atoms with E-state index in [1.807, 2.05) is 0 Å². The number of halogens is 1. The second-order valence-electron chi connectivity index (χ2n) is 7.84. The van der Waals surface area contributed by atoms with Crippen LogP contribution in [0.1, 0.15) is 31.7 Å². The minimum atomic E-state index is 0. The topological polar surface area (TPSA) is 58.6 Å². The molecule has 0 atom stereocenters. The highest BCUT2D eigenvalue weighted by molar-refractivity contribution is 14.0. The van der Waals surface area contributed by atoms with Gasteiger partial charge < -0.3 is 29.3 Å². The van der Waals surface area contributed by atoms with Crippen molar-refractivity contribution in [3.8, 4) is 0 Å². The number of methoxy groups -OCH3 is 1. The number of nitrogens with zero attached hydrogens (tertiary/aromatic N) is 3. The second-order valence-corrected chi connectivity index (χ2v) is 7.84. The van der Waals surface area contributed by atoms with E-state index in [0.29, 0.717) is 12.6 Å². The Morgan fingerprint density at radius 1 is 1.10 bits per heavy atom. The van der Waals surface area contributed by atoms with Crippen molar-refractivity contribution in [2.75, 3.05) is 71.2 Å². The summed E-state index contributed by atoms with van der Waals surface area (Å²) in [5, 5.41) is 3.46. The molecule has 0 radical (unpaired) electrons. The fourth-order valence-electron chi connectivity index (χ4n) is 3.91. The molecular formula is C23H39IN4O3. The highest BCUT2D eigenvalue weighted by Gasteiger charge is 2.21. The van der Waals surface area contributed by atoms with Gasteiger partial charge in [-0.2, -0.15) is 0 Å².